The van der Waals surface area contributed by atoms with Gasteiger partial charge >= 0.3 is 6.03 Å². The molecule has 0 bridgehead atoms. The highest BCUT2D eigenvalue weighted by Crippen LogP contribution is 2.22. The zero-order valence-corrected chi connectivity index (χ0v) is 13.8. The summed E-state index contributed by atoms with van der Waals surface area (Å²) in [5, 5.41) is 12.4. The van der Waals surface area contributed by atoms with Crippen LogP contribution in [0, 0.1) is 5.82 Å². The fourth-order valence-corrected chi connectivity index (χ4v) is 3.05. The van der Waals surface area contributed by atoms with Gasteiger partial charge in [0, 0.05) is 24.0 Å². The molecule has 6 nitrogen and oxygen atoms in total. The predicted molar refractivity (Wildman–Crippen MR) is 90.8 cm³/mol. The third-order valence-electron chi connectivity index (χ3n) is 3.42. The Kier molecular flexibility index (Phi) is 4.85. The number of benzene rings is 1. The number of nitrogens with zero attached hydrogens (tertiary/aromatic N) is 3. The van der Waals surface area contributed by atoms with Crippen molar-refractivity contribution in [2.45, 2.75) is 19.4 Å². The summed E-state index contributed by atoms with van der Waals surface area (Å²) in [7, 11) is 0. The van der Waals surface area contributed by atoms with Crippen LogP contribution < -0.4 is 10.6 Å². The zero-order valence-electron chi connectivity index (χ0n) is 12.9. The maximum absolute atomic E-state index is 13.6. The standard InChI is InChI=1S/C16H16FN5OS/c1-2-12(15-18-7-9-24-15)20-16(23)21-13-10-11(17)4-5-14(13)22-8-3-6-19-22/h3-10,12H,2H2,1H3,(H2,20,21,23)/t12-/m0/s1. The number of anilines is 1. The molecule has 1 aromatic carbocycles. The number of carbonyl (C=O) groups is 1. The smallest absolute Gasteiger partial charge is 0.319 e. The molecule has 8 heteroatoms. The van der Waals surface area contributed by atoms with Crippen LogP contribution in [0.5, 0.6) is 0 Å². The van der Waals surface area contributed by atoms with Gasteiger partial charge in [-0.25, -0.2) is 18.9 Å². The number of carbonyl (C=O) groups excluding carboxylic acids is 1. The number of urea groups is 1. The molecule has 2 N–H and O–H groups in total. The molecule has 2 amide bonds. The highest BCUT2D eigenvalue weighted by molar-refractivity contribution is 7.09. The molecule has 0 saturated heterocycles. The van der Waals surface area contributed by atoms with Gasteiger partial charge in [0.1, 0.15) is 10.8 Å². The molecule has 0 spiro atoms. The van der Waals surface area contributed by atoms with Crippen LogP contribution in [0.25, 0.3) is 5.69 Å². The number of rotatable bonds is 5. The summed E-state index contributed by atoms with van der Waals surface area (Å²) in [5.41, 5.74) is 0.920. The quantitative estimate of drug-likeness (QED) is 0.740. The first kappa shape index (κ1) is 16.1. The highest BCUT2D eigenvalue weighted by atomic mass is 32.1. The lowest BCUT2D eigenvalue weighted by Crippen LogP contribution is -2.32. The topological polar surface area (TPSA) is 71.8 Å². The van der Waals surface area contributed by atoms with Gasteiger partial charge in [-0.2, -0.15) is 5.10 Å². The van der Waals surface area contributed by atoms with Gasteiger partial charge in [0.05, 0.1) is 17.4 Å². The molecular formula is C16H16FN5OS. The average molecular weight is 345 g/mol. The molecule has 0 radical (unpaired) electrons. The van der Waals surface area contributed by atoms with Crippen molar-refractivity contribution < 1.29 is 9.18 Å². The Morgan fingerprint density at radius 3 is 2.96 bits per heavy atom. The van der Waals surface area contributed by atoms with Crippen LogP contribution in [0.15, 0.2) is 48.2 Å². The number of thiazole rings is 1. The van der Waals surface area contributed by atoms with Gasteiger partial charge in [0.25, 0.3) is 0 Å². The van der Waals surface area contributed by atoms with Crippen LogP contribution in [0.4, 0.5) is 14.9 Å². The summed E-state index contributed by atoms with van der Waals surface area (Å²) in [6.07, 6.45) is 5.74. The van der Waals surface area contributed by atoms with Gasteiger partial charge in [-0.15, -0.1) is 11.3 Å². The first-order valence-corrected chi connectivity index (χ1v) is 8.32. The van der Waals surface area contributed by atoms with Crippen LogP contribution in [0.2, 0.25) is 0 Å². The molecule has 0 unspecified atom stereocenters. The van der Waals surface area contributed by atoms with Crippen LogP contribution in [0.1, 0.15) is 24.4 Å². The average Bonchev–Trinajstić information content (AvgIpc) is 3.26. The van der Waals surface area contributed by atoms with E-state index in [1.54, 1.807) is 35.4 Å². The number of nitrogens with one attached hydrogen (secondary N) is 2. The summed E-state index contributed by atoms with van der Waals surface area (Å²) in [5.74, 6) is -0.437. The van der Waals surface area contributed by atoms with E-state index in [0.29, 0.717) is 17.8 Å². The van der Waals surface area contributed by atoms with Crippen molar-refractivity contribution in [2.75, 3.05) is 5.32 Å². The Morgan fingerprint density at radius 1 is 1.42 bits per heavy atom. The summed E-state index contributed by atoms with van der Waals surface area (Å²) in [6, 6.07) is 5.30. The lowest BCUT2D eigenvalue weighted by atomic mass is 10.2. The molecule has 3 aromatic rings. The van der Waals surface area contributed by atoms with Crippen LogP contribution >= 0.6 is 11.3 Å². The van der Waals surface area contributed by atoms with Gasteiger partial charge in [-0.05, 0) is 30.7 Å². The molecular weight excluding hydrogens is 329 g/mol. The van der Waals surface area contributed by atoms with Gasteiger partial charge in [0.15, 0.2) is 0 Å². The zero-order chi connectivity index (χ0) is 16.9. The minimum absolute atomic E-state index is 0.188. The van der Waals surface area contributed by atoms with Crippen molar-refractivity contribution in [3.05, 3.63) is 59.1 Å². The Morgan fingerprint density at radius 2 is 2.29 bits per heavy atom. The number of hydrogen-bond donors (Lipinski definition) is 2. The molecule has 124 valence electrons. The molecule has 2 heterocycles. The molecule has 2 aromatic heterocycles. The lowest BCUT2D eigenvalue weighted by Gasteiger charge is -2.16. The van der Waals surface area contributed by atoms with E-state index in [-0.39, 0.29) is 6.04 Å². The first-order valence-electron chi connectivity index (χ1n) is 7.44. The maximum Gasteiger partial charge on any atom is 0.319 e. The Bertz CT molecular complexity index is 804. The molecule has 1 atom stereocenters. The van der Waals surface area contributed by atoms with Crippen LogP contribution in [-0.2, 0) is 0 Å². The SMILES string of the molecule is CC[C@H](NC(=O)Nc1cc(F)ccc1-n1cccn1)c1nccs1. The molecule has 0 aliphatic heterocycles. The second-order valence-electron chi connectivity index (χ2n) is 5.04. The number of amides is 2. The van der Waals surface area contributed by atoms with E-state index in [4.69, 9.17) is 0 Å². The van der Waals surface area contributed by atoms with E-state index in [2.05, 4.69) is 20.7 Å². The van der Waals surface area contributed by atoms with Gasteiger partial charge in [-0.1, -0.05) is 6.92 Å². The molecule has 24 heavy (non-hydrogen) atoms. The largest absolute Gasteiger partial charge is 0.329 e. The molecule has 0 fully saturated rings. The molecule has 0 aliphatic carbocycles. The molecule has 0 aliphatic rings. The van der Waals surface area contributed by atoms with Crippen molar-refractivity contribution in [1.29, 1.82) is 0 Å². The third-order valence-corrected chi connectivity index (χ3v) is 4.31. The highest BCUT2D eigenvalue weighted by Gasteiger charge is 2.16. The fourth-order valence-electron chi connectivity index (χ4n) is 2.28. The van der Waals surface area contributed by atoms with E-state index in [9.17, 15) is 9.18 Å². The van der Waals surface area contributed by atoms with Crippen molar-refractivity contribution in [1.82, 2.24) is 20.1 Å². The van der Waals surface area contributed by atoms with E-state index < -0.39 is 11.8 Å². The van der Waals surface area contributed by atoms with Crippen molar-refractivity contribution >= 4 is 23.1 Å². The summed E-state index contributed by atoms with van der Waals surface area (Å²) < 4.78 is 15.1. The Hall–Kier alpha value is -2.74. The van der Waals surface area contributed by atoms with Crippen molar-refractivity contribution in [2.24, 2.45) is 0 Å². The first-order chi connectivity index (χ1) is 11.7. The number of aromatic nitrogens is 3. The second-order valence-corrected chi connectivity index (χ2v) is 5.97. The summed E-state index contributed by atoms with van der Waals surface area (Å²) in [4.78, 5) is 16.5. The molecule has 3 rings (SSSR count). The minimum atomic E-state index is -0.437. The van der Waals surface area contributed by atoms with Crippen molar-refractivity contribution in [3.63, 3.8) is 0 Å². The Balaban J connectivity index is 1.78. The predicted octanol–water partition coefficient (Wildman–Crippen LogP) is 3.74. The second kappa shape index (κ2) is 7.22. The summed E-state index contributed by atoms with van der Waals surface area (Å²) in [6.45, 7) is 1.96. The third kappa shape index (κ3) is 3.60. The van der Waals surface area contributed by atoms with Crippen LogP contribution in [-0.4, -0.2) is 20.8 Å². The number of halogens is 1. The number of hydrogen-bond acceptors (Lipinski definition) is 4. The van der Waals surface area contributed by atoms with Crippen LogP contribution in [0.3, 0.4) is 0 Å². The van der Waals surface area contributed by atoms with E-state index in [1.807, 2.05) is 12.3 Å². The Labute approximate surface area is 142 Å². The fraction of sp³-hybridized carbons (Fsp3) is 0.188. The van der Waals surface area contributed by atoms with E-state index >= 15 is 0 Å². The van der Waals surface area contributed by atoms with Gasteiger partial charge in [-0.3, -0.25) is 0 Å². The van der Waals surface area contributed by atoms with E-state index in [0.717, 1.165) is 5.01 Å². The van der Waals surface area contributed by atoms with Gasteiger partial charge in [0.2, 0.25) is 0 Å². The van der Waals surface area contributed by atoms with E-state index in [1.165, 1.54) is 23.5 Å². The normalized spacial score (nSPS) is 11.9. The van der Waals surface area contributed by atoms with Gasteiger partial charge < -0.3 is 10.6 Å². The maximum atomic E-state index is 13.6. The monoisotopic (exact) mass is 345 g/mol. The molecule has 0 saturated carbocycles. The summed E-state index contributed by atoms with van der Waals surface area (Å²) >= 11 is 1.48. The lowest BCUT2D eigenvalue weighted by molar-refractivity contribution is 0.248. The minimum Gasteiger partial charge on any atom is -0.329 e. The van der Waals surface area contributed by atoms with Crippen molar-refractivity contribution in [3.8, 4) is 5.69 Å².